The van der Waals surface area contributed by atoms with Gasteiger partial charge in [0.1, 0.15) is 6.54 Å². The Hall–Kier alpha value is -1.10. The van der Waals surface area contributed by atoms with E-state index in [1.807, 2.05) is 13.8 Å². The number of carbonyl (C=O) groups is 2. The summed E-state index contributed by atoms with van der Waals surface area (Å²) in [5.41, 5.74) is 5.53. The van der Waals surface area contributed by atoms with Crippen LogP contribution in [0.15, 0.2) is 0 Å². The van der Waals surface area contributed by atoms with E-state index in [1.54, 1.807) is 0 Å². The van der Waals surface area contributed by atoms with Gasteiger partial charge in [0.15, 0.2) is 0 Å². The molecule has 0 radical (unpaired) electrons. The molecule has 0 saturated carbocycles. The molecule has 0 aliphatic heterocycles. The van der Waals surface area contributed by atoms with E-state index >= 15 is 0 Å². The van der Waals surface area contributed by atoms with Crippen molar-refractivity contribution in [2.24, 2.45) is 5.73 Å². The Morgan fingerprint density at radius 3 is 2.47 bits per heavy atom. The van der Waals surface area contributed by atoms with Crippen molar-refractivity contribution in [1.29, 1.82) is 0 Å². The van der Waals surface area contributed by atoms with Gasteiger partial charge in [-0.3, -0.25) is 9.59 Å². The van der Waals surface area contributed by atoms with Crippen LogP contribution in [0.1, 0.15) is 33.1 Å². The number of carbonyl (C=O) groups excluding carboxylic acids is 1. The second kappa shape index (κ2) is 7.23. The van der Waals surface area contributed by atoms with Crippen LogP contribution >= 0.6 is 0 Å². The highest BCUT2D eigenvalue weighted by molar-refractivity contribution is 5.81. The fraction of sp³-hybridized carbons (Fsp3) is 0.800. The van der Waals surface area contributed by atoms with Crippen LogP contribution in [0.4, 0.5) is 0 Å². The van der Waals surface area contributed by atoms with Crippen molar-refractivity contribution < 1.29 is 14.7 Å². The van der Waals surface area contributed by atoms with Crippen molar-refractivity contribution in [3.05, 3.63) is 0 Å². The zero-order valence-corrected chi connectivity index (χ0v) is 9.40. The summed E-state index contributed by atoms with van der Waals surface area (Å²) in [6.45, 7) is 4.01. The number of nitrogens with two attached hydrogens (primary N) is 1. The summed E-state index contributed by atoms with van der Waals surface area (Å²) in [5, 5.41) is 8.62. The summed E-state index contributed by atoms with van der Waals surface area (Å²) >= 11 is 0. The first-order valence-electron chi connectivity index (χ1n) is 5.22. The fourth-order valence-corrected chi connectivity index (χ4v) is 1.23. The number of nitrogens with zero attached hydrogens (tertiary/aromatic N) is 1. The van der Waals surface area contributed by atoms with Crippen molar-refractivity contribution in [3.63, 3.8) is 0 Å². The van der Waals surface area contributed by atoms with Gasteiger partial charge in [-0.1, -0.05) is 6.92 Å². The Morgan fingerprint density at radius 2 is 2.07 bits per heavy atom. The summed E-state index contributed by atoms with van der Waals surface area (Å²) in [4.78, 5) is 23.5. The summed E-state index contributed by atoms with van der Waals surface area (Å²) in [6.07, 6.45) is 1.68. The van der Waals surface area contributed by atoms with Crippen molar-refractivity contribution in [2.45, 2.75) is 39.2 Å². The van der Waals surface area contributed by atoms with Crippen molar-refractivity contribution in [2.75, 3.05) is 13.1 Å². The first-order chi connectivity index (χ1) is 6.97. The largest absolute Gasteiger partial charge is 0.480 e. The molecule has 0 aromatic carbocycles. The molecule has 5 heteroatoms. The number of rotatable bonds is 7. The minimum Gasteiger partial charge on any atom is -0.480 e. The summed E-state index contributed by atoms with van der Waals surface area (Å²) in [7, 11) is 0. The molecule has 15 heavy (non-hydrogen) atoms. The normalized spacial score (nSPS) is 12.2. The predicted octanol–water partition coefficient (Wildman–Crippen LogP) is 0.437. The molecular weight excluding hydrogens is 196 g/mol. The first-order valence-corrected chi connectivity index (χ1v) is 5.22. The van der Waals surface area contributed by atoms with Crippen LogP contribution in [0.25, 0.3) is 0 Å². The van der Waals surface area contributed by atoms with E-state index < -0.39 is 5.97 Å². The van der Waals surface area contributed by atoms with Gasteiger partial charge < -0.3 is 15.7 Å². The standard InChI is InChI=1S/C10H20N2O3/c1-3-6-12(7-10(14)15)9(13)5-4-8(2)11/h8H,3-7,11H2,1-2H3,(H,14,15). The molecule has 1 unspecified atom stereocenters. The second-order valence-electron chi connectivity index (χ2n) is 3.72. The Kier molecular flexibility index (Phi) is 6.70. The molecule has 0 aromatic heterocycles. The van der Waals surface area contributed by atoms with Crippen LogP contribution in [0.5, 0.6) is 0 Å². The molecule has 0 heterocycles. The number of aliphatic carboxylic acids is 1. The van der Waals surface area contributed by atoms with Crippen LogP contribution in [0.2, 0.25) is 0 Å². The Labute approximate surface area is 90.2 Å². The third-order valence-electron chi connectivity index (χ3n) is 1.99. The molecule has 0 spiro atoms. The summed E-state index contributed by atoms with van der Waals surface area (Å²) < 4.78 is 0. The molecule has 0 aromatic rings. The quantitative estimate of drug-likeness (QED) is 0.646. The number of amides is 1. The molecule has 0 saturated heterocycles. The van der Waals surface area contributed by atoms with Gasteiger partial charge >= 0.3 is 5.97 Å². The van der Waals surface area contributed by atoms with Gasteiger partial charge in [-0.15, -0.1) is 0 Å². The number of hydrogen-bond donors (Lipinski definition) is 2. The lowest BCUT2D eigenvalue weighted by Gasteiger charge is -2.20. The first kappa shape index (κ1) is 13.9. The second-order valence-corrected chi connectivity index (χ2v) is 3.72. The molecule has 1 amide bonds. The molecule has 0 aliphatic rings. The van der Waals surface area contributed by atoms with Crippen molar-refractivity contribution in [1.82, 2.24) is 4.90 Å². The van der Waals surface area contributed by atoms with E-state index in [9.17, 15) is 9.59 Å². The highest BCUT2D eigenvalue weighted by atomic mass is 16.4. The van der Waals surface area contributed by atoms with Crippen LogP contribution in [0.3, 0.4) is 0 Å². The minimum absolute atomic E-state index is 0.0257. The average molecular weight is 216 g/mol. The molecule has 3 N–H and O–H groups in total. The number of carboxylic acid groups (broad SMARTS) is 1. The van der Waals surface area contributed by atoms with Gasteiger partial charge in [-0.2, -0.15) is 0 Å². The zero-order chi connectivity index (χ0) is 11.8. The lowest BCUT2D eigenvalue weighted by Crippen LogP contribution is -2.36. The van der Waals surface area contributed by atoms with Gasteiger partial charge in [-0.25, -0.2) is 0 Å². The highest BCUT2D eigenvalue weighted by Gasteiger charge is 2.15. The molecule has 5 nitrogen and oxygen atoms in total. The SMILES string of the molecule is CCCN(CC(=O)O)C(=O)CCC(C)N. The van der Waals surface area contributed by atoms with Crippen LogP contribution < -0.4 is 5.73 Å². The Balaban J connectivity index is 4.09. The van der Waals surface area contributed by atoms with Crippen LogP contribution in [-0.4, -0.2) is 41.0 Å². The van der Waals surface area contributed by atoms with Gasteiger partial charge in [0.2, 0.25) is 5.91 Å². The Morgan fingerprint density at radius 1 is 1.47 bits per heavy atom. The molecule has 1 atom stereocenters. The summed E-state index contributed by atoms with van der Waals surface area (Å²) in [5.74, 6) is -1.10. The minimum atomic E-state index is -0.974. The smallest absolute Gasteiger partial charge is 0.323 e. The van der Waals surface area contributed by atoms with Gasteiger partial charge in [0.25, 0.3) is 0 Å². The maximum atomic E-state index is 11.6. The van der Waals surface area contributed by atoms with Gasteiger partial charge in [0, 0.05) is 19.0 Å². The van der Waals surface area contributed by atoms with Crippen LogP contribution in [-0.2, 0) is 9.59 Å². The average Bonchev–Trinajstić information content (AvgIpc) is 2.12. The molecule has 0 rings (SSSR count). The topological polar surface area (TPSA) is 83.6 Å². The van der Waals surface area contributed by atoms with Crippen molar-refractivity contribution in [3.8, 4) is 0 Å². The lowest BCUT2D eigenvalue weighted by molar-refractivity contribution is -0.144. The van der Waals surface area contributed by atoms with Gasteiger partial charge in [-0.05, 0) is 19.8 Å². The van der Waals surface area contributed by atoms with Gasteiger partial charge in [0.05, 0.1) is 0 Å². The van der Waals surface area contributed by atoms with E-state index in [-0.39, 0.29) is 18.5 Å². The molecule has 0 fully saturated rings. The van der Waals surface area contributed by atoms with E-state index in [0.29, 0.717) is 19.4 Å². The van der Waals surface area contributed by atoms with Crippen LogP contribution in [0, 0.1) is 0 Å². The lowest BCUT2D eigenvalue weighted by atomic mass is 10.2. The van der Waals surface area contributed by atoms with E-state index in [0.717, 1.165) is 6.42 Å². The monoisotopic (exact) mass is 216 g/mol. The van der Waals surface area contributed by atoms with E-state index in [1.165, 1.54) is 4.90 Å². The molecule has 0 aliphatic carbocycles. The fourth-order valence-electron chi connectivity index (χ4n) is 1.23. The maximum Gasteiger partial charge on any atom is 0.323 e. The van der Waals surface area contributed by atoms with Crippen molar-refractivity contribution >= 4 is 11.9 Å². The third kappa shape index (κ3) is 6.90. The highest BCUT2D eigenvalue weighted by Crippen LogP contribution is 2.01. The molecule has 0 bridgehead atoms. The van der Waals surface area contributed by atoms with E-state index in [2.05, 4.69) is 0 Å². The number of hydrogen-bond acceptors (Lipinski definition) is 3. The predicted molar refractivity (Wildman–Crippen MR) is 57.4 cm³/mol. The van der Waals surface area contributed by atoms with E-state index in [4.69, 9.17) is 10.8 Å². The maximum absolute atomic E-state index is 11.6. The molecule has 88 valence electrons. The Bertz CT molecular complexity index is 217. The summed E-state index contributed by atoms with van der Waals surface area (Å²) in [6, 6.07) is -0.0257. The number of carboxylic acids is 1. The molecular formula is C10H20N2O3. The third-order valence-corrected chi connectivity index (χ3v) is 1.99. The zero-order valence-electron chi connectivity index (χ0n) is 9.40.